The van der Waals surface area contributed by atoms with Crippen molar-refractivity contribution in [2.45, 2.75) is 26.8 Å². The summed E-state index contributed by atoms with van der Waals surface area (Å²) in [6, 6.07) is 2.07. The zero-order valence-electron chi connectivity index (χ0n) is 7.83. The van der Waals surface area contributed by atoms with Gasteiger partial charge in [0.2, 0.25) is 0 Å². The molecule has 2 N–H and O–H groups in total. The molecule has 1 aromatic rings. The summed E-state index contributed by atoms with van der Waals surface area (Å²) in [6.45, 7) is 5.90. The van der Waals surface area contributed by atoms with Crippen molar-refractivity contribution in [2.75, 3.05) is 6.54 Å². The lowest BCUT2D eigenvalue weighted by Crippen LogP contribution is -2.14. The third-order valence-electron chi connectivity index (χ3n) is 1.76. The van der Waals surface area contributed by atoms with Gasteiger partial charge in [-0.2, -0.15) is 5.10 Å². The fraction of sp³-hybridized carbons (Fsp3) is 0.667. The second-order valence-corrected chi connectivity index (χ2v) is 3.43. The number of hydrogen-bond acceptors (Lipinski definition) is 2. The molecule has 0 bridgehead atoms. The summed E-state index contributed by atoms with van der Waals surface area (Å²) in [5.41, 5.74) is 6.75. The molecule has 0 amide bonds. The third kappa shape index (κ3) is 2.34. The minimum atomic E-state index is 0.659. The van der Waals surface area contributed by atoms with E-state index in [0.29, 0.717) is 12.5 Å². The van der Waals surface area contributed by atoms with Crippen LogP contribution >= 0.6 is 0 Å². The number of rotatable bonds is 4. The lowest BCUT2D eigenvalue weighted by molar-refractivity contribution is 0.549. The molecule has 0 fully saturated rings. The highest BCUT2D eigenvalue weighted by Gasteiger charge is 2.03. The van der Waals surface area contributed by atoms with E-state index < -0.39 is 0 Å². The van der Waals surface area contributed by atoms with Crippen LogP contribution in [0.5, 0.6) is 0 Å². The number of hydrogen-bond donors (Lipinski definition) is 1. The molecule has 0 spiro atoms. The van der Waals surface area contributed by atoms with Crippen molar-refractivity contribution in [3.05, 3.63) is 18.0 Å². The monoisotopic (exact) mass is 167 g/mol. The molecule has 0 aliphatic rings. The van der Waals surface area contributed by atoms with Gasteiger partial charge in [-0.1, -0.05) is 13.8 Å². The average molecular weight is 167 g/mol. The van der Waals surface area contributed by atoms with Crippen molar-refractivity contribution < 1.29 is 0 Å². The zero-order valence-corrected chi connectivity index (χ0v) is 7.83. The fourth-order valence-electron chi connectivity index (χ4n) is 1.28. The van der Waals surface area contributed by atoms with E-state index in [4.69, 9.17) is 5.73 Å². The molecule has 68 valence electrons. The van der Waals surface area contributed by atoms with Gasteiger partial charge in [0.05, 0.1) is 6.54 Å². The van der Waals surface area contributed by atoms with E-state index in [9.17, 15) is 0 Å². The van der Waals surface area contributed by atoms with E-state index in [2.05, 4.69) is 25.0 Å². The predicted molar refractivity (Wildman–Crippen MR) is 49.8 cm³/mol. The van der Waals surface area contributed by atoms with Crippen LogP contribution in [0.25, 0.3) is 0 Å². The van der Waals surface area contributed by atoms with Crippen molar-refractivity contribution in [3.8, 4) is 0 Å². The summed E-state index contributed by atoms with van der Waals surface area (Å²) in [6.07, 6.45) is 2.92. The molecular weight excluding hydrogens is 150 g/mol. The van der Waals surface area contributed by atoms with E-state index in [1.165, 1.54) is 5.69 Å². The van der Waals surface area contributed by atoms with Crippen LogP contribution in [0.15, 0.2) is 12.3 Å². The molecule has 0 aromatic carbocycles. The Morgan fingerprint density at radius 2 is 2.33 bits per heavy atom. The predicted octanol–water partition coefficient (Wildman–Crippen LogP) is 1.04. The summed E-state index contributed by atoms with van der Waals surface area (Å²) in [4.78, 5) is 0. The second-order valence-electron chi connectivity index (χ2n) is 3.43. The molecule has 3 heteroatoms. The summed E-state index contributed by atoms with van der Waals surface area (Å²) in [7, 11) is 0. The number of nitrogens with two attached hydrogens (primary N) is 1. The van der Waals surface area contributed by atoms with Gasteiger partial charge in [-0.3, -0.25) is 4.68 Å². The Morgan fingerprint density at radius 1 is 1.58 bits per heavy atom. The lowest BCUT2D eigenvalue weighted by Gasteiger charge is -2.07. The zero-order chi connectivity index (χ0) is 8.97. The minimum absolute atomic E-state index is 0.659. The highest BCUT2D eigenvalue weighted by Crippen LogP contribution is 2.06. The molecule has 0 saturated heterocycles. The van der Waals surface area contributed by atoms with E-state index in [1.54, 1.807) is 0 Å². The van der Waals surface area contributed by atoms with Gasteiger partial charge in [-0.25, -0.2) is 0 Å². The van der Waals surface area contributed by atoms with Gasteiger partial charge in [0, 0.05) is 18.4 Å². The first-order chi connectivity index (χ1) is 5.74. The Hall–Kier alpha value is -0.830. The largest absolute Gasteiger partial charge is 0.329 e. The number of nitrogens with zero attached hydrogens (tertiary/aromatic N) is 2. The van der Waals surface area contributed by atoms with Crippen molar-refractivity contribution in [1.82, 2.24) is 9.78 Å². The molecule has 0 aliphatic heterocycles. The van der Waals surface area contributed by atoms with Crippen LogP contribution in [-0.4, -0.2) is 16.3 Å². The molecule has 0 atom stereocenters. The van der Waals surface area contributed by atoms with Gasteiger partial charge in [-0.05, 0) is 18.4 Å². The Labute approximate surface area is 73.6 Å². The van der Waals surface area contributed by atoms with Crippen molar-refractivity contribution in [3.63, 3.8) is 0 Å². The van der Waals surface area contributed by atoms with Crippen LogP contribution in [0.2, 0.25) is 0 Å². The van der Waals surface area contributed by atoms with E-state index in [0.717, 1.165) is 13.0 Å². The van der Waals surface area contributed by atoms with Crippen LogP contribution in [0.3, 0.4) is 0 Å². The quantitative estimate of drug-likeness (QED) is 0.728. The maximum atomic E-state index is 5.46. The Bertz CT molecular complexity index is 227. The van der Waals surface area contributed by atoms with E-state index in [-0.39, 0.29) is 0 Å². The maximum absolute atomic E-state index is 5.46. The summed E-state index contributed by atoms with van der Waals surface area (Å²) in [5.74, 6) is 0.679. The van der Waals surface area contributed by atoms with E-state index >= 15 is 0 Å². The van der Waals surface area contributed by atoms with Crippen LogP contribution in [0.4, 0.5) is 0 Å². The smallest absolute Gasteiger partial charge is 0.0534 e. The second kappa shape index (κ2) is 4.26. The lowest BCUT2D eigenvalue weighted by atomic mass is 10.1. The van der Waals surface area contributed by atoms with Gasteiger partial charge in [0.1, 0.15) is 0 Å². The fourth-order valence-corrected chi connectivity index (χ4v) is 1.28. The molecule has 12 heavy (non-hydrogen) atoms. The van der Waals surface area contributed by atoms with Gasteiger partial charge in [0.25, 0.3) is 0 Å². The van der Waals surface area contributed by atoms with Crippen molar-refractivity contribution >= 4 is 0 Å². The van der Waals surface area contributed by atoms with Gasteiger partial charge >= 0.3 is 0 Å². The Kier molecular flexibility index (Phi) is 3.29. The van der Waals surface area contributed by atoms with Crippen molar-refractivity contribution in [1.29, 1.82) is 0 Å². The summed E-state index contributed by atoms with van der Waals surface area (Å²) >= 11 is 0. The molecule has 3 nitrogen and oxygen atoms in total. The molecule has 1 aromatic heterocycles. The van der Waals surface area contributed by atoms with E-state index in [1.807, 2.05) is 10.9 Å². The topological polar surface area (TPSA) is 43.8 Å². The normalized spacial score (nSPS) is 11.0. The third-order valence-corrected chi connectivity index (χ3v) is 1.76. The molecule has 0 aliphatic carbocycles. The highest BCUT2D eigenvalue weighted by atomic mass is 15.3. The van der Waals surface area contributed by atoms with Gasteiger partial charge in [0.15, 0.2) is 0 Å². The molecule has 0 saturated carbocycles. The number of aromatic nitrogens is 2. The van der Waals surface area contributed by atoms with Crippen molar-refractivity contribution in [2.24, 2.45) is 11.7 Å². The maximum Gasteiger partial charge on any atom is 0.0534 e. The Balaban J connectivity index is 2.63. The summed E-state index contributed by atoms with van der Waals surface area (Å²) < 4.78 is 1.99. The SMILES string of the molecule is CC(C)Cc1ccnn1CCN. The summed E-state index contributed by atoms with van der Waals surface area (Å²) in [5, 5.41) is 4.20. The van der Waals surface area contributed by atoms with Crippen LogP contribution in [0, 0.1) is 5.92 Å². The first-order valence-corrected chi connectivity index (χ1v) is 4.44. The first-order valence-electron chi connectivity index (χ1n) is 4.44. The average Bonchev–Trinajstić information content (AvgIpc) is 2.37. The van der Waals surface area contributed by atoms with Gasteiger partial charge in [-0.15, -0.1) is 0 Å². The molecular formula is C9H17N3. The Morgan fingerprint density at radius 3 is 2.92 bits per heavy atom. The highest BCUT2D eigenvalue weighted by molar-refractivity contribution is 5.01. The van der Waals surface area contributed by atoms with Gasteiger partial charge < -0.3 is 5.73 Å². The first kappa shape index (κ1) is 9.26. The molecule has 0 radical (unpaired) electrons. The molecule has 0 unspecified atom stereocenters. The minimum Gasteiger partial charge on any atom is -0.329 e. The molecule has 1 heterocycles. The standard InChI is InChI=1S/C9H17N3/c1-8(2)7-9-3-5-11-12(9)6-4-10/h3,5,8H,4,6-7,10H2,1-2H3. The van der Waals surface area contributed by atoms with Crippen LogP contribution in [0.1, 0.15) is 19.5 Å². The van der Waals surface area contributed by atoms with Crippen LogP contribution < -0.4 is 5.73 Å². The van der Waals surface area contributed by atoms with Crippen LogP contribution in [-0.2, 0) is 13.0 Å². The molecule has 1 rings (SSSR count).